The smallest absolute Gasteiger partial charge is 0.293 e. The van der Waals surface area contributed by atoms with Gasteiger partial charge in [-0.15, -0.1) is 0 Å². The molecule has 2 aromatic rings. The number of anilines is 1. The summed E-state index contributed by atoms with van der Waals surface area (Å²) in [5.41, 5.74) is 0.690. The first-order chi connectivity index (χ1) is 17.8. The highest BCUT2D eigenvalue weighted by Gasteiger charge is 2.63. The number of nitrogens with one attached hydrogen (secondary N) is 3. The number of aromatic nitrogens is 2. The third-order valence-electron chi connectivity index (χ3n) is 6.93. The number of alkyl halides is 5. The first-order valence-electron chi connectivity index (χ1n) is 11.5. The zero-order valence-electron chi connectivity index (χ0n) is 19.7. The highest BCUT2D eigenvalue weighted by Crippen LogP contribution is 2.48. The van der Waals surface area contributed by atoms with Crippen LogP contribution in [0.2, 0.25) is 0 Å². The van der Waals surface area contributed by atoms with Crippen molar-refractivity contribution in [2.75, 3.05) is 5.32 Å². The molecule has 2 amide bonds. The summed E-state index contributed by atoms with van der Waals surface area (Å²) in [5.74, 6) is -7.89. The normalized spacial score (nSPS) is 20.5. The molecule has 202 valence electrons. The molecule has 0 bridgehead atoms. The van der Waals surface area contributed by atoms with Crippen molar-refractivity contribution in [2.24, 2.45) is 0 Å². The lowest BCUT2D eigenvalue weighted by molar-refractivity contribution is -0.693. The van der Waals surface area contributed by atoms with E-state index < -0.39 is 71.7 Å². The monoisotopic (exact) mass is 543 g/mol. The lowest BCUT2D eigenvalue weighted by atomic mass is 9.70. The Bertz CT molecular complexity index is 1400. The summed E-state index contributed by atoms with van der Waals surface area (Å²) in [4.78, 5) is 42.5. The average molecular weight is 543 g/mol. The summed E-state index contributed by atoms with van der Waals surface area (Å²) in [6.07, 6.45) is -4.20. The minimum atomic E-state index is -3.25. The van der Waals surface area contributed by atoms with Gasteiger partial charge in [0, 0.05) is 31.2 Å². The van der Waals surface area contributed by atoms with Crippen molar-refractivity contribution in [3.8, 4) is 0 Å². The maximum Gasteiger partial charge on any atom is 0.293 e. The predicted octanol–water partition coefficient (Wildman–Crippen LogP) is 1.80. The molecule has 4 heterocycles. The first kappa shape index (κ1) is 25.8. The van der Waals surface area contributed by atoms with Crippen LogP contribution in [0, 0.1) is 12.7 Å². The van der Waals surface area contributed by atoms with E-state index in [1.165, 1.54) is 23.1 Å². The Morgan fingerprint density at radius 1 is 1.26 bits per heavy atom. The SMILES string of the molecule is Cc1c(C(=O)C(=O)NC2(C3=CN[NH2+]3)CC(F)(F)C2)c2n(c1C(=O)Nc1ccnc(C(F)F)c1F)C[C@H](F)C2. The minimum absolute atomic E-state index is 0.0304. The number of fused-ring (bicyclic) bond motifs is 1. The number of nitrogens with zero attached hydrogens (tertiary/aromatic N) is 2. The van der Waals surface area contributed by atoms with Crippen LogP contribution in [-0.4, -0.2) is 44.8 Å². The Morgan fingerprint density at radius 2 is 1.95 bits per heavy atom. The van der Waals surface area contributed by atoms with E-state index in [4.69, 9.17) is 0 Å². The number of Topliss-reactive ketones (excluding diaryl/α,β-unsaturated/α-hetero) is 1. The molecule has 3 aliphatic rings. The van der Waals surface area contributed by atoms with Crippen LogP contribution in [0.25, 0.3) is 0 Å². The van der Waals surface area contributed by atoms with Crippen molar-refractivity contribution in [3.63, 3.8) is 0 Å². The van der Waals surface area contributed by atoms with E-state index in [1.54, 1.807) is 0 Å². The van der Waals surface area contributed by atoms with E-state index in [9.17, 15) is 40.7 Å². The number of amides is 2. The van der Waals surface area contributed by atoms with Crippen molar-refractivity contribution in [3.05, 3.63) is 58.2 Å². The Balaban J connectivity index is 1.45. The molecule has 2 aliphatic heterocycles. The topological polar surface area (TPSA) is 122 Å². The zero-order chi connectivity index (χ0) is 27.6. The fraction of sp³-hybridized carbons (Fsp3) is 0.391. The lowest BCUT2D eigenvalue weighted by Gasteiger charge is -2.47. The lowest BCUT2D eigenvalue weighted by Crippen LogP contribution is -3.01. The van der Waals surface area contributed by atoms with Gasteiger partial charge in [0.2, 0.25) is 0 Å². The van der Waals surface area contributed by atoms with Crippen molar-refractivity contribution >= 4 is 23.3 Å². The number of quaternary nitrogens is 1. The molecular weight excluding hydrogens is 522 g/mol. The van der Waals surface area contributed by atoms with E-state index in [1.807, 2.05) is 0 Å². The molecule has 15 heteroatoms. The molecule has 5 N–H and O–H groups in total. The van der Waals surface area contributed by atoms with E-state index >= 15 is 0 Å². The Labute approximate surface area is 210 Å². The Hall–Kier alpha value is -3.88. The summed E-state index contributed by atoms with van der Waals surface area (Å²) < 4.78 is 83.4. The number of pyridine rings is 1. The standard InChI is InChI=1S/C23H20F6N6O3/c1-9-14(18(36)21(38)33-22(13-5-31-34-13)7-23(28,29)8-22)12-4-10(24)6-35(12)17(9)20(37)32-11-2-3-30-16(15(11)25)19(26)27/h2-3,5,10,19,31,34H,4,6-8H2,1H3,(H,33,38)(H,30,32,37)/p+1/t10-/m1/s1. The maximum atomic E-state index is 14.4. The summed E-state index contributed by atoms with van der Waals surface area (Å²) in [6, 6.07) is 0.953. The van der Waals surface area contributed by atoms with Crippen molar-refractivity contribution in [2.45, 2.75) is 56.8 Å². The third-order valence-corrected chi connectivity index (χ3v) is 6.93. The highest BCUT2D eigenvalue weighted by atomic mass is 19.3. The van der Waals surface area contributed by atoms with Crippen molar-refractivity contribution in [1.29, 1.82) is 0 Å². The number of carbonyl (C=O) groups is 3. The number of halogens is 6. The second-order valence-corrected chi connectivity index (χ2v) is 9.51. The van der Waals surface area contributed by atoms with Gasteiger partial charge in [0.1, 0.15) is 29.3 Å². The van der Waals surface area contributed by atoms with Crippen molar-refractivity contribution in [1.82, 2.24) is 20.3 Å². The van der Waals surface area contributed by atoms with E-state index in [0.29, 0.717) is 5.70 Å². The average Bonchev–Trinajstić information content (AvgIpc) is 3.24. The molecule has 0 spiro atoms. The number of nitrogens with two attached hydrogens (primary N) is 1. The van der Waals surface area contributed by atoms with Crippen LogP contribution in [0.3, 0.4) is 0 Å². The van der Waals surface area contributed by atoms with Crippen LogP contribution in [0.1, 0.15) is 57.1 Å². The summed E-state index contributed by atoms with van der Waals surface area (Å²) in [6.45, 7) is 0.972. The van der Waals surface area contributed by atoms with E-state index in [0.717, 1.165) is 12.3 Å². The van der Waals surface area contributed by atoms with Gasteiger partial charge >= 0.3 is 0 Å². The molecule has 1 aliphatic carbocycles. The van der Waals surface area contributed by atoms with Gasteiger partial charge in [0.15, 0.2) is 11.5 Å². The number of rotatable bonds is 7. The molecular formula is C23H21F6N6O3+. The largest absolute Gasteiger partial charge is 0.337 e. The molecule has 0 unspecified atom stereocenters. The predicted molar refractivity (Wildman–Crippen MR) is 117 cm³/mol. The molecule has 5 rings (SSSR count). The molecule has 1 saturated carbocycles. The van der Waals surface area contributed by atoms with Crippen LogP contribution in [0.4, 0.5) is 32.0 Å². The number of hydrogen-bond donors (Lipinski definition) is 4. The van der Waals surface area contributed by atoms with Crippen LogP contribution in [0.15, 0.2) is 24.2 Å². The molecule has 9 nitrogen and oxygen atoms in total. The highest BCUT2D eigenvalue weighted by molar-refractivity contribution is 6.44. The minimum Gasteiger partial charge on any atom is -0.337 e. The summed E-state index contributed by atoms with van der Waals surface area (Å²) in [5, 5.41) is 4.52. The Kier molecular flexibility index (Phi) is 6.00. The summed E-state index contributed by atoms with van der Waals surface area (Å²) >= 11 is 0. The molecule has 0 radical (unpaired) electrons. The van der Waals surface area contributed by atoms with Gasteiger partial charge in [0.05, 0.1) is 17.8 Å². The van der Waals surface area contributed by atoms with Crippen LogP contribution in [0.5, 0.6) is 0 Å². The summed E-state index contributed by atoms with van der Waals surface area (Å²) in [7, 11) is 0. The van der Waals surface area contributed by atoms with Crippen LogP contribution < -0.4 is 21.5 Å². The van der Waals surface area contributed by atoms with Crippen molar-refractivity contribution < 1.29 is 46.2 Å². The zero-order valence-corrected chi connectivity index (χ0v) is 19.7. The van der Waals surface area contributed by atoms with Gasteiger partial charge in [0.25, 0.3) is 29.9 Å². The van der Waals surface area contributed by atoms with E-state index in [-0.39, 0.29) is 35.5 Å². The van der Waals surface area contributed by atoms with Gasteiger partial charge in [-0.1, -0.05) is 0 Å². The third kappa shape index (κ3) is 4.10. The van der Waals surface area contributed by atoms with Gasteiger partial charge in [-0.2, -0.15) is 0 Å². The Morgan fingerprint density at radius 3 is 2.53 bits per heavy atom. The second-order valence-electron chi connectivity index (χ2n) is 9.51. The second kappa shape index (κ2) is 8.85. The van der Waals surface area contributed by atoms with Gasteiger partial charge in [-0.3, -0.25) is 19.4 Å². The number of ketones is 1. The maximum absolute atomic E-state index is 14.4. The molecule has 0 aromatic carbocycles. The molecule has 1 atom stereocenters. The van der Waals surface area contributed by atoms with Gasteiger partial charge in [-0.05, 0) is 18.6 Å². The number of carbonyl (C=O) groups excluding carboxylic acids is 3. The molecule has 0 saturated heterocycles. The number of hydrogen-bond acceptors (Lipinski definition) is 5. The molecule has 1 fully saturated rings. The first-order valence-corrected chi connectivity index (χ1v) is 11.5. The van der Waals surface area contributed by atoms with Crippen LogP contribution in [-0.2, 0) is 17.8 Å². The van der Waals surface area contributed by atoms with Gasteiger partial charge in [-0.25, -0.2) is 37.2 Å². The molecule has 38 heavy (non-hydrogen) atoms. The van der Waals surface area contributed by atoms with E-state index in [2.05, 4.69) is 21.0 Å². The molecule has 2 aromatic heterocycles. The van der Waals surface area contributed by atoms with Gasteiger partial charge < -0.3 is 15.2 Å². The fourth-order valence-corrected chi connectivity index (χ4v) is 5.20. The fourth-order valence-electron chi connectivity index (χ4n) is 5.20. The van der Waals surface area contributed by atoms with Crippen LogP contribution >= 0.6 is 0 Å². The quantitative estimate of drug-likeness (QED) is 0.184.